The van der Waals surface area contributed by atoms with Gasteiger partial charge in [0.1, 0.15) is 5.60 Å². The van der Waals surface area contributed by atoms with Crippen LogP contribution < -0.4 is 0 Å². The van der Waals surface area contributed by atoms with E-state index in [9.17, 15) is 4.79 Å². The first-order chi connectivity index (χ1) is 8.74. The molecule has 3 nitrogen and oxygen atoms in total. The first-order valence-corrected chi connectivity index (χ1v) is 7.46. The quantitative estimate of drug-likeness (QED) is 0.713. The molecule has 0 bridgehead atoms. The van der Waals surface area contributed by atoms with E-state index in [1.807, 2.05) is 20.8 Å². The Kier molecular flexibility index (Phi) is 5.43. The van der Waals surface area contributed by atoms with Crippen LogP contribution in [0.3, 0.4) is 0 Å². The molecule has 0 radical (unpaired) electrons. The van der Waals surface area contributed by atoms with Crippen LogP contribution in [0.15, 0.2) is 0 Å². The number of hydrogen-bond acceptors (Lipinski definition) is 3. The molecule has 1 aliphatic rings. The molecule has 1 aliphatic carbocycles. The van der Waals surface area contributed by atoms with Gasteiger partial charge in [0.2, 0.25) is 0 Å². The van der Waals surface area contributed by atoms with Crippen molar-refractivity contribution in [2.45, 2.75) is 65.9 Å². The molecule has 0 saturated heterocycles. The summed E-state index contributed by atoms with van der Waals surface area (Å²) in [5.41, 5.74) is -0.928. The molecule has 112 valence electrons. The van der Waals surface area contributed by atoms with Crippen LogP contribution in [0.25, 0.3) is 0 Å². The van der Waals surface area contributed by atoms with Gasteiger partial charge >= 0.3 is 5.97 Å². The molecule has 1 unspecified atom stereocenters. The van der Waals surface area contributed by atoms with Crippen molar-refractivity contribution in [3.8, 4) is 0 Å². The van der Waals surface area contributed by atoms with Crippen molar-refractivity contribution < 1.29 is 14.3 Å². The van der Waals surface area contributed by atoms with Crippen molar-refractivity contribution >= 4 is 5.97 Å². The Hall–Kier alpha value is -0.570. The maximum atomic E-state index is 12.8. The predicted octanol–water partition coefficient (Wildman–Crippen LogP) is 3.81. The summed E-state index contributed by atoms with van der Waals surface area (Å²) >= 11 is 0. The number of esters is 1. The minimum atomic E-state index is -0.488. The minimum Gasteiger partial charge on any atom is -0.459 e. The summed E-state index contributed by atoms with van der Waals surface area (Å²) in [4.78, 5) is 12.8. The highest BCUT2D eigenvalue weighted by molar-refractivity contribution is 5.78. The first-order valence-electron chi connectivity index (χ1n) is 7.46. The normalized spacial score (nSPS) is 20.6. The summed E-state index contributed by atoms with van der Waals surface area (Å²) < 4.78 is 11.1. The molecule has 0 aliphatic heterocycles. The molecule has 19 heavy (non-hydrogen) atoms. The number of ether oxygens (including phenoxy) is 2. The fraction of sp³-hybridized carbons (Fsp3) is 0.938. The van der Waals surface area contributed by atoms with Crippen LogP contribution in [0.4, 0.5) is 0 Å². The molecule has 1 atom stereocenters. The SMILES string of the molecule is COCC(C(=O)OC(C)(C)C)(C(C)C)C1CCCC1. The third-order valence-electron chi connectivity index (χ3n) is 4.28. The summed E-state index contributed by atoms with van der Waals surface area (Å²) in [6.45, 7) is 10.5. The van der Waals surface area contributed by atoms with Gasteiger partial charge in [-0.3, -0.25) is 4.79 Å². The molecule has 1 fully saturated rings. The summed E-state index contributed by atoms with van der Waals surface area (Å²) in [5.74, 6) is 0.538. The van der Waals surface area contributed by atoms with Crippen molar-refractivity contribution in [2.24, 2.45) is 17.3 Å². The topological polar surface area (TPSA) is 35.5 Å². The Morgan fingerprint density at radius 1 is 1.21 bits per heavy atom. The molecule has 0 aromatic heterocycles. The summed E-state index contributed by atoms with van der Waals surface area (Å²) in [6, 6.07) is 0. The minimum absolute atomic E-state index is 0.0799. The summed E-state index contributed by atoms with van der Waals surface area (Å²) in [7, 11) is 1.68. The molecule has 1 saturated carbocycles. The van der Waals surface area contributed by atoms with Gasteiger partial charge in [0.25, 0.3) is 0 Å². The fourth-order valence-corrected chi connectivity index (χ4v) is 3.27. The van der Waals surface area contributed by atoms with Crippen molar-refractivity contribution in [1.82, 2.24) is 0 Å². The van der Waals surface area contributed by atoms with Gasteiger partial charge in [-0.05, 0) is 45.4 Å². The molecule has 0 aromatic rings. The predicted molar refractivity (Wildman–Crippen MR) is 77.0 cm³/mol. The Balaban J connectivity index is 3.04. The van der Waals surface area contributed by atoms with E-state index in [0.717, 1.165) is 12.8 Å². The third kappa shape index (κ3) is 3.71. The molecule has 0 heterocycles. The van der Waals surface area contributed by atoms with Crippen LogP contribution >= 0.6 is 0 Å². The van der Waals surface area contributed by atoms with Gasteiger partial charge in [0.05, 0.1) is 12.0 Å². The van der Waals surface area contributed by atoms with E-state index in [0.29, 0.717) is 12.5 Å². The maximum absolute atomic E-state index is 12.8. The molecule has 1 rings (SSSR count). The van der Waals surface area contributed by atoms with Crippen LogP contribution in [0.2, 0.25) is 0 Å². The molecule has 0 N–H and O–H groups in total. The highest BCUT2D eigenvalue weighted by Gasteiger charge is 2.51. The standard InChI is InChI=1S/C16H30O3/c1-12(2)16(11-18-6,13-9-7-8-10-13)14(17)19-15(3,4)5/h12-13H,7-11H2,1-6H3. The largest absolute Gasteiger partial charge is 0.459 e. The molecule has 3 heteroatoms. The van der Waals surface area contributed by atoms with Gasteiger partial charge < -0.3 is 9.47 Å². The second-order valence-electron chi connectivity index (χ2n) is 7.11. The maximum Gasteiger partial charge on any atom is 0.315 e. The van der Waals surface area contributed by atoms with E-state index < -0.39 is 11.0 Å². The van der Waals surface area contributed by atoms with Crippen LogP contribution in [0.1, 0.15) is 60.3 Å². The van der Waals surface area contributed by atoms with E-state index in [-0.39, 0.29) is 11.9 Å². The zero-order chi connectivity index (χ0) is 14.7. The number of methoxy groups -OCH3 is 1. The molecular weight excluding hydrogens is 240 g/mol. The highest BCUT2D eigenvalue weighted by Crippen LogP contribution is 2.46. The van der Waals surface area contributed by atoms with Gasteiger partial charge in [-0.2, -0.15) is 0 Å². The monoisotopic (exact) mass is 270 g/mol. The Bertz CT molecular complexity index is 298. The van der Waals surface area contributed by atoms with Gasteiger partial charge in [-0.25, -0.2) is 0 Å². The second kappa shape index (κ2) is 6.25. The van der Waals surface area contributed by atoms with Gasteiger partial charge in [0.15, 0.2) is 0 Å². The lowest BCUT2D eigenvalue weighted by Crippen LogP contribution is -2.49. The van der Waals surface area contributed by atoms with E-state index >= 15 is 0 Å². The average molecular weight is 270 g/mol. The molecule has 0 amide bonds. The zero-order valence-corrected chi connectivity index (χ0v) is 13.4. The smallest absolute Gasteiger partial charge is 0.315 e. The average Bonchev–Trinajstić information content (AvgIpc) is 2.76. The number of carbonyl (C=O) groups is 1. The second-order valence-corrected chi connectivity index (χ2v) is 7.11. The number of hydrogen-bond donors (Lipinski definition) is 0. The van der Waals surface area contributed by atoms with Crippen molar-refractivity contribution in [3.63, 3.8) is 0 Å². The van der Waals surface area contributed by atoms with Gasteiger partial charge in [0, 0.05) is 7.11 Å². The summed E-state index contributed by atoms with van der Waals surface area (Å²) in [6.07, 6.45) is 4.65. The molecule has 0 aromatic carbocycles. The van der Waals surface area contributed by atoms with E-state index in [1.54, 1.807) is 7.11 Å². The van der Waals surface area contributed by atoms with E-state index in [1.165, 1.54) is 12.8 Å². The van der Waals surface area contributed by atoms with Crippen molar-refractivity contribution in [2.75, 3.05) is 13.7 Å². The first kappa shape index (κ1) is 16.5. The number of carbonyl (C=O) groups excluding carboxylic acids is 1. The fourth-order valence-electron chi connectivity index (χ4n) is 3.27. The molecule has 0 spiro atoms. The Morgan fingerprint density at radius 2 is 1.74 bits per heavy atom. The highest BCUT2D eigenvalue weighted by atomic mass is 16.6. The van der Waals surface area contributed by atoms with Crippen LogP contribution in [0.5, 0.6) is 0 Å². The third-order valence-corrected chi connectivity index (χ3v) is 4.28. The Morgan fingerprint density at radius 3 is 2.11 bits per heavy atom. The Labute approximate surface area is 118 Å². The summed E-state index contributed by atoms with van der Waals surface area (Å²) in [5, 5.41) is 0. The van der Waals surface area contributed by atoms with Crippen molar-refractivity contribution in [3.05, 3.63) is 0 Å². The number of rotatable bonds is 5. The lowest BCUT2D eigenvalue weighted by Gasteiger charge is -2.41. The van der Waals surface area contributed by atoms with Crippen molar-refractivity contribution in [1.29, 1.82) is 0 Å². The van der Waals surface area contributed by atoms with Gasteiger partial charge in [-0.15, -0.1) is 0 Å². The lowest BCUT2D eigenvalue weighted by molar-refractivity contribution is -0.180. The van der Waals surface area contributed by atoms with E-state index in [4.69, 9.17) is 9.47 Å². The van der Waals surface area contributed by atoms with Gasteiger partial charge in [-0.1, -0.05) is 26.7 Å². The lowest BCUT2D eigenvalue weighted by atomic mass is 9.67. The zero-order valence-electron chi connectivity index (χ0n) is 13.4. The van der Waals surface area contributed by atoms with Crippen LogP contribution in [-0.2, 0) is 14.3 Å². The van der Waals surface area contributed by atoms with E-state index in [2.05, 4.69) is 13.8 Å². The van der Waals surface area contributed by atoms with Crippen LogP contribution in [0, 0.1) is 17.3 Å². The van der Waals surface area contributed by atoms with Crippen LogP contribution in [-0.4, -0.2) is 25.3 Å². The molecular formula is C16H30O3.